The van der Waals surface area contributed by atoms with Gasteiger partial charge in [-0.15, -0.1) is 11.3 Å². The zero-order chi connectivity index (χ0) is 13.1. The summed E-state index contributed by atoms with van der Waals surface area (Å²) in [5.41, 5.74) is 7.80. The van der Waals surface area contributed by atoms with Crippen molar-refractivity contribution in [3.8, 4) is 5.75 Å². The van der Waals surface area contributed by atoms with Crippen LogP contribution >= 0.6 is 22.9 Å². The van der Waals surface area contributed by atoms with Crippen LogP contribution in [-0.2, 0) is 6.61 Å². The Bertz CT molecular complexity index is 540. The molecule has 0 saturated carbocycles. The number of hydrogen-bond donors (Lipinski definition) is 1. The molecule has 18 heavy (non-hydrogen) atoms. The van der Waals surface area contributed by atoms with Crippen LogP contribution in [0.1, 0.15) is 29.2 Å². The first-order valence-electron chi connectivity index (χ1n) is 5.65. The largest absolute Gasteiger partial charge is 0.485 e. The van der Waals surface area contributed by atoms with Gasteiger partial charge in [-0.25, -0.2) is 4.98 Å². The lowest BCUT2D eigenvalue weighted by Gasteiger charge is -2.10. The second kappa shape index (κ2) is 5.69. The van der Waals surface area contributed by atoms with E-state index in [1.165, 1.54) is 0 Å². The molecule has 3 nitrogen and oxygen atoms in total. The lowest BCUT2D eigenvalue weighted by Crippen LogP contribution is -2.05. The number of halogens is 1. The fraction of sp³-hybridized carbons (Fsp3) is 0.308. The van der Waals surface area contributed by atoms with Crippen molar-refractivity contribution in [1.29, 1.82) is 0 Å². The van der Waals surface area contributed by atoms with Gasteiger partial charge in [-0.2, -0.15) is 0 Å². The van der Waals surface area contributed by atoms with Gasteiger partial charge in [0, 0.05) is 17.1 Å². The first-order chi connectivity index (χ1) is 8.56. The van der Waals surface area contributed by atoms with E-state index in [4.69, 9.17) is 22.1 Å². The zero-order valence-corrected chi connectivity index (χ0v) is 11.9. The number of nitrogens with zero attached hydrogens (tertiary/aromatic N) is 1. The Morgan fingerprint density at radius 3 is 2.83 bits per heavy atom. The Hall–Kier alpha value is -1.10. The van der Waals surface area contributed by atoms with Gasteiger partial charge >= 0.3 is 0 Å². The zero-order valence-electron chi connectivity index (χ0n) is 10.3. The molecule has 2 rings (SSSR count). The molecule has 2 aromatic rings. The molecule has 0 bridgehead atoms. The molecule has 5 heteroatoms. The van der Waals surface area contributed by atoms with E-state index in [2.05, 4.69) is 4.98 Å². The van der Waals surface area contributed by atoms with Crippen molar-refractivity contribution in [3.63, 3.8) is 0 Å². The second-order valence-corrected chi connectivity index (χ2v) is 5.50. The molecule has 1 aromatic heterocycles. The highest BCUT2D eigenvalue weighted by Crippen LogP contribution is 2.28. The number of nitrogens with two attached hydrogens (primary N) is 1. The second-order valence-electron chi connectivity index (χ2n) is 4.15. The first kappa shape index (κ1) is 13.3. The van der Waals surface area contributed by atoms with Crippen LogP contribution in [-0.4, -0.2) is 4.98 Å². The molecule has 0 amide bonds. The minimum Gasteiger partial charge on any atom is -0.485 e. The van der Waals surface area contributed by atoms with Gasteiger partial charge in [-0.05, 0) is 31.5 Å². The summed E-state index contributed by atoms with van der Waals surface area (Å²) in [7, 11) is 0. The van der Waals surface area contributed by atoms with Crippen LogP contribution in [0.5, 0.6) is 5.75 Å². The third-order valence-electron chi connectivity index (χ3n) is 2.50. The van der Waals surface area contributed by atoms with Gasteiger partial charge in [0.2, 0.25) is 0 Å². The van der Waals surface area contributed by atoms with Gasteiger partial charge in [0.1, 0.15) is 17.4 Å². The summed E-state index contributed by atoms with van der Waals surface area (Å²) in [5.74, 6) is 0.661. The van der Waals surface area contributed by atoms with Crippen molar-refractivity contribution >= 4 is 22.9 Å². The van der Waals surface area contributed by atoms with Crippen molar-refractivity contribution < 1.29 is 4.74 Å². The van der Waals surface area contributed by atoms with E-state index in [0.717, 1.165) is 16.3 Å². The number of ether oxygens (including phenoxy) is 1. The molecule has 1 unspecified atom stereocenters. The van der Waals surface area contributed by atoms with E-state index in [0.29, 0.717) is 17.4 Å². The number of benzene rings is 1. The van der Waals surface area contributed by atoms with Crippen LogP contribution in [0.25, 0.3) is 0 Å². The summed E-state index contributed by atoms with van der Waals surface area (Å²) >= 11 is 7.73. The Kier molecular flexibility index (Phi) is 4.22. The number of rotatable bonds is 4. The van der Waals surface area contributed by atoms with Crippen molar-refractivity contribution in [2.24, 2.45) is 5.73 Å². The maximum absolute atomic E-state index is 6.15. The number of thiazole rings is 1. The Morgan fingerprint density at radius 2 is 2.28 bits per heavy atom. The molecule has 1 aromatic carbocycles. The van der Waals surface area contributed by atoms with Gasteiger partial charge in [0.25, 0.3) is 0 Å². The van der Waals surface area contributed by atoms with E-state index in [-0.39, 0.29) is 6.04 Å². The standard InChI is InChI=1S/C13H15ClN2OS/c1-8-7-18-13(16-8)6-17-12-4-3-10(9(2)15)5-11(12)14/h3-5,7,9H,6,15H2,1-2H3. The molecule has 0 saturated heterocycles. The average molecular weight is 283 g/mol. The monoisotopic (exact) mass is 282 g/mol. The van der Waals surface area contributed by atoms with E-state index < -0.39 is 0 Å². The highest BCUT2D eigenvalue weighted by atomic mass is 35.5. The van der Waals surface area contributed by atoms with Gasteiger partial charge in [0.05, 0.1) is 5.02 Å². The third kappa shape index (κ3) is 3.22. The Balaban J connectivity index is 2.05. The highest BCUT2D eigenvalue weighted by Gasteiger charge is 2.07. The van der Waals surface area contributed by atoms with E-state index >= 15 is 0 Å². The van der Waals surface area contributed by atoms with Crippen LogP contribution in [0, 0.1) is 6.92 Å². The molecule has 1 heterocycles. The maximum Gasteiger partial charge on any atom is 0.140 e. The predicted molar refractivity (Wildman–Crippen MR) is 75.2 cm³/mol. The number of aromatic nitrogens is 1. The topological polar surface area (TPSA) is 48.1 Å². The van der Waals surface area contributed by atoms with E-state index in [9.17, 15) is 0 Å². The summed E-state index contributed by atoms with van der Waals surface area (Å²) < 4.78 is 5.65. The summed E-state index contributed by atoms with van der Waals surface area (Å²) in [5, 5.41) is 3.53. The molecular formula is C13H15ClN2OS. The highest BCUT2D eigenvalue weighted by molar-refractivity contribution is 7.09. The lowest BCUT2D eigenvalue weighted by molar-refractivity contribution is 0.305. The fourth-order valence-corrected chi connectivity index (χ4v) is 2.45. The molecular weight excluding hydrogens is 268 g/mol. The summed E-state index contributed by atoms with van der Waals surface area (Å²) in [6.45, 7) is 4.32. The lowest BCUT2D eigenvalue weighted by atomic mass is 10.1. The Morgan fingerprint density at radius 1 is 1.50 bits per heavy atom. The molecule has 0 spiro atoms. The molecule has 0 aliphatic carbocycles. The van der Waals surface area contributed by atoms with Crippen LogP contribution in [0.2, 0.25) is 5.02 Å². The minimum atomic E-state index is -0.0295. The van der Waals surface area contributed by atoms with E-state index in [1.807, 2.05) is 37.4 Å². The smallest absolute Gasteiger partial charge is 0.140 e. The van der Waals surface area contributed by atoms with Crippen molar-refractivity contribution in [2.75, 3.05) is 0 Å². The van der Waals surface area contributed by atoms with E-state index in [1.54, 1.807) is 11.3 Å². The van der Waals surface area contributed by atoms with Gasteiger partial charge in [-0.1, -0.05) is 17.7 Å². The van der Waals surface area contributed by atoms with Gasteiger partial charge in [-0.3, -0.25) is 0 Å². The molecule has 0 aliphatic heterocycles. The van der Waals surface area contributed by atoms with Gasteiger partial charge in [0.15, 0.2) is 0 Å². The summed E-state index contributed by atoms with van der Waals surface area (Å²) in [6.07, 6.45) is 0. The third-order valence-corrected chi connectivity index (χ3v) is 3.73. The normalized spacial score (nSPS) is 12.4. The number of hydrogen-bond acceptors (Lipinski definition) is 4. The summed E-state index contributed by atoms with van der Waals surface area (Å²) in [4.78, 5) is 4.33. The number of aryl methyl sites for hydroxylation is 1. The van der Waals surface area contributed by atoms with Crippen LogP contribution in [0.4, 0.5) is 0 Å². The molecule has 0 fully saturated rings. The quantitative estimate of drug-likeness (QED) is 0.930. The first-order valence-corrected chi connectivity index (χ1v) is 6.91. The molecule has 2 N–H and O–H groups in total. The molecule has 96 valence electrons. The predicted octanol–water partition coefficient (Wildman–Crippen LogP) is 3.70. The van der Waals surface area contributed by atoms with Gasteiger partial charge < -0.3 is 10.5 Å². The Labute approximate surface area is 116 Å². The van der Waals surface area contributed by atoms with Crippen molar-refractivity contribution in [2.45, 2.75) is 26.5 Å². The van der Waals surface area contributed by atoms with Crippen LogP contribution < -0.4 is 10.5 Å². The van der Waals surface area contributed by atoms with Crippen LogP contribution in [0.15, 0.2) is 23.6 Å². The average Bonchev–Trinajstić information content (AvgIpc) is 2.73. The van der Waals surface area contributed by atoms with Crippen LogP contribution in [0.3, 0.4) is 0 Å². The molecule has 0 aliphatic rings. The van der Waals surface area contributed by atoms with Crippen molar-refractivity contribution in [3.05, 3.63) is 44.9 Å². The SMILES string of the molecule is Cc1csc(COc2ccc(C(C)N)cc2Cl)n1. The maximum atomic E-state index is 6.15. The fourth-order valence-electron chi connectivity index (χ4n) is 1.53. The minimum absolute atomic E-state index is 0.0295. The van der Waals surface area contributed by atoms with Crippen molar-refractivity contribution in [1.82, 2.24) is 4.98 Å². The molecule has 1 atom stereocenters. The summed E-state index contributed by atoms with van der Waals surface area (Å²) in [6, 6.07) is 5.59. The molecule has 0 radical (unpaired) electrons.